The minimum Gasteiger partial charge on any atom is -0.426 e. The number of carbonyl (C=O) groups excluding carboxylic acids is 1. The van der Waals surface area contributed by atoms with Crippen LogP contribution in [0.5, 0.6) is 5.75 Å². The highest BCUT2D eigenvalue weighted by molar-refractivity contribution is 5.99. The Kier molecular flexibility index (Phi) is 8.90. The lowest BCUT2D eigenvalue weighted by molar-refractivity contribution is -0.142. The fourth-order valence-electron chi connectivity index (χ4n) is 5.31. The summed E-state index contributed by atoms with van der Waals surface area (Å²) < 4.78 is 5.81. The molecule has 0 saturated carbocycles. The molecule has 3 aromatic carbocycles. The first kappa shape index (κ1) is 29.6. The Hall–Kier alpha value is -3.37. The molecule has 3 aromatic rings. The van der Waals surface area contributed by atoms with E-state index >= 15 is 0 Å². The predicted molar refractivity (Wildman–Crippen MR) is 169 cm³/mol. The lowest BCUT2D eigenvalue weighted by atomic mass is 9.84. The zero-order valence-electron chi connectivity index (χ0n) is 25.6. The summed E-state index contributed by atoms with van der Waals surface area (Å²) in [5, 5.41) is 0. The number of piperazine rings is 1. The summed E-state index contributed by atoms with van der Waals surface area (Å²) in [6.07, 6.45) is 0. The molecule has 0 spiro atoms. The van der Waals surface area contributed by atoms with Crippen LogP contribution < -0.4 is 9.64 Å². The average Bonchev–Trinajstić information content (AvgIpc) is 2.91. The molecule has 0 N–H and O–H groups in total. The molecule has 40 heavy (non-hydrogen) atoms. The molecule has 4 nitrogen and oxygen atoms in total. The summed E-state index contributed by atoms with van der Waals surface area (Å²) in [6.45, 7) is 21.2. The summed E-state index contributed by atoms with van der Waals surface area (Å²) in [4.78, 5) is 17.7. The number of anilines is 1. The summed E-state index contributed by atoms with van der Waals surface area (Å²) in [5.74, 6) is 0.612. The number of allylic oxidation sites excluding steroid dienone is 1. The summed E-state index contributed by atoms with van der Waals surface area (Å²) >= 11 is 0. The van der Waals surface area contributed by atoms with E-state index in [4.69, 9.17) is 4.74 Å². The topological polar surface area (TPSA) is 32.8 Å². The van der Waals surface area contributed by atoms with E-state index in [2.05, 4.69) is 105 Å². The Bertz CT molecular complexity index is 1320. The van der Waals surface area contributed by atoms with Gasteiger partial charge < -0.3 is 9.64 Å². The van der Waals surface area contributed by atoms with Gasteiger partial charge in [-0.1, -0.05) is 68.4 Å². The number of benzene rings is 3. The molecule has 0 amide bonds. The third-order valence-electron chi connectivity index (χ3n) is 7.63. The molecule has 1 saturated heterocycles. The maximum atomic E-state index is 12.7. The molecular weight excluding hydrogens is 492 g/mol. The van der Waals surface area contributed by atoms with Gasteiger partial charge in [0.25, 0.3) is 0 Å². The molecule has 1 fully saturated rings. The quantitative estimate of drug-likeness (QED) is 0.180. The second kappa shape index (κ2) is 12.0. The molecule has 212 valence electrons. The van der Waals surface area contributed by atoms with E-state index in [1.54, 1.807) is 0 Å². The highest BCUT2D eigenvalue weighted by Crippen LogP contribution is 2.38. The van der Waals surface area contributed by atoms with Crippen LogP contribution in [0, 0.1) is 11.3 Å². The number of hydrogen-bond donors (Lipinski definition) is 0. The number of carbonyl (C=O) groups is 1. The van der Waals surface area contributed by atoms with Crippen LogP contribution in [-0.4, -0.2) is 42.6 Å². The third-order valence-corrected chi connectivity index (χ3v) is 7.63. The first-order valence-electron chi connectivity index (χ1n) is 14.6. The van der Waals surface area contributed by atoms with Gasteiger partial charge in [0.2, 0.25) is 0 Å². The summed E-state index contributed by atoms with van der Waals surface area (Å²) in [5.41, 5.74) is 6.72. The van der Waals surface area contributed by atoms with E-state index in [-0.39, 0.29) is 17.4 Å². The van der Waals surface area contributed by atoms with Crippen molar-refractivity contribution in [1.29, 1.82) is 0 Å². The zero-order valence-corrected chi connectivity index (χ0v) is 25.6. The Morgan fingerprint density at radius 1 is 0.725 bits per heavy atom. The highest BCUT2D eigenvalue weighted by atomic mass is 16.5. The molecule has 0 atom stereocenters. The van der Waals surface area contributed by atoms with Crippen LogP contribution in [-0.2, 0) is 4.79 Å². The van der Waals surface area contributed by atoms with Crippen LogP contribution in [0.3, 0.4) is 0 Å². The van der Waals surface area contributed by atoms with Gasteiger partial charge in [0.05, 0.1) is 5.41 Å². The number of nitrogens with zero attached hydrogens (tertiary/aromatic N) is 2. The average molecular weight is 539 g/mol. The van der Waals surface area contributed by atoms with E-state index in [0.29, 0.717) is 5.75 Å². The highest BCUT2D eigenvalue weighted by Gasteiger charge is 2.27. The van der Waals surface area contributed by atoms with Crippen LogP contribution in [0.4, 0.5) is 5.69 Å². The third kappa shape index (κ3) is 7.03. The fraction of sp³-hybridized carbons (Fsp3) is 0.417. The molecule has 0 aromatic heterocycles. The van der Waals surface area contributed by atoms with Crippen molar-refractivity contribution in [3.8, 4) is 5.75 Å². The van der Waals surface area contributed by atoms with Crippen LogP contribution in [0.25, 0.3) is 11.1 Å². The van der Waals surface area contributed by atoms with E-state index in [9.17, 15) is 4.79 Å². The van der Waals surface area contributed by atoms with Gasteiger partial charge in [-0.2, -0.15) is 0 Å². The maximum absolute atomic E-state index is 12.7. The first-order valence-corrected chi connectivity index (χ1v) is 14.6. The van der Waals surface area contributed by atoms with E-state index in [0.717, 1.165) is 37.3 Å². The molecular formula is C36H46N2O2. The number of rotatable bonds is 6. The Morgan fingerprint density at radius 3 is 1.88 bits per heavy atom. The normalized spacial score (nSPS) is 15.7. The minimum atomic E-state index is -0.573. The van der Waals surface area contributed by atoms with Gasteiger partial charge >= 0.3 is 5.97 Å². The lowest BCUT2D eigenvalue weighted by Gasteiger charge is -2.43. The van der Waals surface area contributed by atoms with Crippen molar-refractivity contribution in [1.82, 2.24) is 4.90 Å². The second-order valence-corrected chi connectivity index (χ2v) is 13.2. The standard InChI is InChI=1S/C36H46N2O2/c1-26(2)32(27-13-10-9-11-14-27)33(29-15-12-16-31(25-29)40-34(39)35(3,4)5)28-17-19-30(20-18-28)37-21-23-38(24-22-37)36(6,7)8/h9-20,25-26H,21-24H2,1-8H3/b33-32+. The summed E-state index contributed by atoms with van der Waals surface area (Å²) in [7, 11) is 0. The van der Waals surface area contributed by atoms with E-state index in [1.807, 2.05) is 39.0 Å². The molecule has 1 heterocycles. The minimum absolute atomic E-state index is 0.204. The van der Waals surface area contributed by atoms with Crippen LogP contribution >= 0.6 is 0 Å². The molecule has 0 unspecified atom stereocenters. The van der Waals surface area contributed by atoms with Gasteiger partial charge in [0, 0.05) is 37.4 Å². The van der Waals surface area contributed by atoms with Crippen LogP contribution in [0.1, 0.15) is 72.1 Å². The van der Waals surface area contributed by atoms with Gasteiger partial charge in [0.1, 0.15) is 5.75 Å². The predicted octanol–water partition coefficient (Wildman–Crippen LogP) is 8.17. The van der Waals surface area contributed by atoms with Crippen LogP contribution in [0.15, 0.2) is 78.9 Å². The number of esters is 1. The molecule has 4 rings (SSSR count). The van der Waals surface area contributed by atoms with Crippen LogP contribution in [0.2, 0.25) is 0 Å². The smallest absolute Gasteiger partial charge is 0.316 e. The lowest BCUT2D eigenvalue weighted by Crippen LogP contribution is -2.53. The fourth-order valence-corrected chi connectivity index (χ4v) is 5.31. The Labute approximate surface area is 241 Å². The van der Waals surface area contributed by atoms with Crippen molar-refractivity contribution in [2.75, 3.05) is 31.1 Å². The van der Waals surface area contributed by atoms with Gasteiger partial charge in [-0.3, -0.25) is 9.69 Å². The van der Waals surface area contributed by atoms with Crippen molar-refractivity contribution >= 4 is 22.8 Å². The molecule has 1 aliphatic rings. The van der Waals surface area contributed by atoms with Crippen molar-refractivity contribution in [2.24, 2.45) is 11.3 Å². The molecule has 0 radical (unpaired) electrons. The molecule has 0 aliphatic carbocycles. The van der Waals surface area contributed by atoms with Crippen molar-refractivity contribution in [3.63, 3.8) is 0 Å². The monoisotopic (exact) mass is 538 g/mol. The van der Waals surface area contributed by atoms with Crippen molar-refractivity contribution < 1.29 is 9.53 Å². The second-order valence-electron chi connectivity index (χ2n) is 13.2. The largest absolute Gasteiger partial charge is 0.426 e. The maximum Gasteiger partial charge on any atom is 0.316 e. The SMILES string of the molecule is CC(C)/C(=C(/c1ccc(N2CCN(C(C)(C)C)CC2)cc1)c1cccc(OC(=O)C(C)(C)C)c1)c1ccccc1. The first-order chi connectivity index (χ1) is 18.8. The van der Waals surface area contributed by atoms with Gasteiger partial charge in [0.15, 0.2) is 0 Å². The van der Waals surface area contributed by atoms with E-state index < -0.39 is 5.41 Å². The zero-order chi connectivity index (χ0) is 29.1. The number of ether oxygens (including phenoxy) is 1. The molecule has 4 heteroatoms. The Morgan fingerprint density at radius 2 is 1.32 bits per heavy atom. The number of hydrogen-bond acceptors (Lipinski definition) is 4. The van der Waals surface area contributed by atoms with E-state index in [1.165, 1.54) is 22.4 Å². The Balaban J connectivity index is 1.75. The molecule has 1 aliphatic heterocycles. The van der Waals surface area contributed by atoms with Gasteiger partial charge in [-0.05, 0) is 99.6 Å². The molecule has 0 bridgehead atoms. The van der Waals surface area contributed by atoms with Crippen molar-refractivity contribution in [3.05, 3.63) is 95.6 Å². The summed E-state index contributed by atoms with van der Waals surface area (Å²) in [6, 6.07) is 27.6. The van der Waals surface area contributed by atoms with Gasteiger partial charge in [-0.15, -0.1) is 0 Å². The van der Waals surface area contributed by atoms with Crippen molar-refractivity contribution in [2.45, 2.75) is 60.9 Å². The van der Waals surface area contributed by atoms with Gasteiger partial charge in [-0.25, -0.2) is 0 Å².